The van der Waals surface area contributed by atoms with Crippen molar-refractivity contribution in [2.75, 3.05) is 6.54 Å². The van der Waals surface area contributed by atoms with Crippen molar-refractivity contribution in [3.8, 4) is 0 Å². The van der Waals surface area contributed by atoms with Crippen LogP contribution in [-0.2, 0) is 13.5 Å². The quantitative estimate of drug-likeness (QED) is 0.725. The van der Waals surface area contributed by atoms with Gasteiger partial charge in [-0.25, -0.2) is 9.37 Å². The third-order valence-corrected chi connectivity index (χ3v) is 1.87. The lowest BCUT2D eigenvalue weighted by atomic mass is 10.1. The van der Waals surface area contributed by atoms with Crippen LogP contribution in [-0.4, -0.2) is 21.8 Å². The Hall–Kier alpha value is -0.900. The molecule has 0 spiro atoms. The average molecular weight is 171 g/mol. The van der Waals surface area contributed by atoms with Crippen molar-refractivity contribution in [1.82, 2.24) is 9.55 Å². The highest BCUT2D eigenvalue weighted by Crippen LogP contribution is 2.14. The summed E-state index contributed by atoms with van der Waals surface area (Å²) in [5, 5.41) is 0. The second-order valence-electron chi connectivity index (χ2n) is 3.25. The summed E-state index contributed by atoms with van der Waals surface area (Å²) in [6.07, 6.45) is 3.72. The predicted molar refractivity (Wildman–Crippen MR) is 45.5 cm³/mol. The third kappa shape index (κ3) is 2.04. The molecule has 1 atom stereocenters. The maximum absolute atomic E-state index is 13.4. The molecule has 1 aromatic heterocycles. The molecule has 0 saturated carbocycles. The minimum atomic E-state index is -1.35. The number of aromatic nitrogens is 2. The van der Waals surface area contributed by atoms with Gasteiger partial charge in [0.25, 0.3) is 0 Å². The van der Waals surface area contributed by atoms with E-state index in [4.69, 9.17) is 5.73 Å². The third-order valence-electron chi connectivity index (χ3n) is 1.87. The molecule has 0 fully saturated rings. The minimum Gasteiger partial charge on any atom is -0.338 e. The van der Waals surface area contributed by atoms with Crippen LogP contribution in [0, 0.1) is 0 Å². The van der Waals surface area contributed by atoms with Crippen molar-refractivity contribution in [3.63, 3.8) is 0 Å². The fraction of sp³-hybridized carbons (Fsp3) is 0.625. The molecule has 0 aliphatic carbocycles. The Morgan fingerprint density at radius 1 is 1.75 bits per heavy atom. The Kier molecular flexibility index (Phi) is 2.47. The van der Waals surface area contributed by atoms with Crippen LogP contribution in [0.3, 0.4) is 0 Å². The number of nitrogens with zero attached hydrogens (tertiary/aromatic N) is 2. The van der Waals surface area contributed by atoms with E-state index in [1.807, 2.05) is 7.05 Å². The first kappa shape index (κ1) is 9.19. The summed E-state index contributed by atoms with van der Waals surface area (Å²) >= 11 is 0. The molecule has 1 rings (SSSR count). The van der Waals surface area contributed by atoms with Gasteiger partial charge in [-0.05, 0) is 6.92 Å². The van der Waals surface area contributed by atoms with E-state index in [1.54, 1.807) is 17.0 Å². The number of imidazole rings is 1. The predicted octanol–water partition coefficient (Wildman–Crippen LogP) is 0.650. The molecule has 0 bridgehead atoms. The van der Waals surface area contributed by atoms with Crippen molar-refractivity contribution in [3.05, 3.63) is 18.2 Å². The molecular formula is C8H14FN3. The zero-order chi connectivity index (χ0) is 9.19. The van der Waals surface area contributed by atoms with Crippen molar-refractivity contribution in [1.29, 1.82) is 0 Å². The standard InChI is InChI=1S/C8H14FN3/c1-8(9,6-10)5-7-11-3-4-12(7)2/h3-4H,5-6,10H2,1-2H3. The minimum absolute atomic E-state index is 0.0276. The fourth-order valence-electron chi connectivity index (χ4n) is 0.969. The maximum Gasteiger partial charge on any atom is 0.127 e. The Morgan fingerprint density at radius 3 is 2.83 bits per heavy atom. The molecule has 0 aromatic carbocycles. The number of rotatable bonds is 3. The first-order valence-corrected chi connectivity index (χ1v) is 3.90. The van der Waals surface area contributed by atoms with Crippen LogP contribution in [0.5, 0.6) is 0 Å². The van der Waals surface area contributed by atoms with Crippen LogP contribution < -0.4 is 5.73 Å². The number of aryl methyl sites for hydroxylation is 1. The topological polar surface area (TPSA) is 43.8 Å². The van der Waals surface area contributed by atoms with Crippen LogP contribution in [0.25, 0.3) is 0 Å². The molecule has 12 heavy (non-hydrogen) atoms. The molecule has 0 radical (unpaired) electrons. The normalized spacial score (nSPS) is 16.0. The highest BCUT2D eigenvalue weighted by Gasteiger charge is 2.23. The summed E-state index contributed by atoms with van der Waals surface area (Å²) in [6, 6.07) is 0. The zero-order valence-corrected chi connectivity index (χ0v) is 7.42. The summed E-state index contributed by atoms with van der Waals surface area (Å²) in [4.78, 5) is 4.02. The smallest absolute Gasteiger partial charge is 0.127 e. The SMILES string of the molecule is Cn1ccnc1CC(C)(F)CN. The Balaban J connectivity index is 2.70. The summed E-state index contributed by atoms with van der Waals surface area (Å²) in [6.45, 7) is 1.52. The van der Waals surface area contributed by atoms with E-state index in [-0.39, 0.29) is 13.0 Å². The van der Waals surface area contributed by atoms with E-state index < -0.39 is 5.67 Å². The molecule has 1 unspecified atom stereocenters. The average Bonchev–Trinajstić information content (AvgIpc) is 2.36. The summed E-state index contributed by atoms with van der Waals surface area (Å²) in [5.41, 5.74) is 3.91. The van der Waals surface area contributed by atoms with Crippen LogP contribution in [0.4, 0.5) is 4.39 Å². The fourth-order valence-corrected chi connectivity index (χ4v) is 0.969. The van der Waals surface area contributed by atoms with E-state index in [1.165, 1.54) is 6.92 Å². The van der Waals surface area contributed by atoms with Crippen molar-refractivity contribution >= 4 is 0 Å². The molecule has 68 valence electrons. The van der Waals surface area contributed by atoms with Gasteiger partial charge in [-0.1, -0.05) is 0 Å². The molecule has 0 amide bonds. The van der Waals surface area contributed by atoms with E-state index in [0.29, 0.717) is 0 Å². The number of hydrogen-bond acceptors (Lipinski definition) is 2. The number of hydrogen-bond donors (Lipinski definition) is 1. The molecule has 4 heteroatoms. The van der Waals surface area contributed by atoms with Gasteiger partial charge in [-0.3, -0.25) is 0 Å². The lowest BCUT2D eigenvalue weighted by Crippen LogP contribution is -2.32. The molecule has 0 aliphatic heterocycles. The summed E-state index contributed by atoms with van der Waals surface area (Å²) in [5.74, 6) is 0.727. The lowest BCUT2D eigenvalue weighted by Gasteiger charge is -2.16. The van der Waals surface area contributed by atoms with Crippen molar-refractivity contribution in [2.24, 2.45) is 12.8 Å². The van der Waals surface area contributed by atoms with Crippen LogP contribution in [0.15, 0.2) is 12.4 Å². The molecule has 3 nitrogen and oxygen atoms in total. The van der Waals surface area contributed by atoms with E-state index in [2.05, 4.69) is 4.98 Å². The van der Waals surface area contributed by atoms with Gasteiger partial charge in [0.2, 0.25) is 0 Å². The van der Waals surface area contributed by atoms with Crippen LogP contribution in [0.1, 0.15) is 12.7 Å². The highest BCUT2D eigenvalue weighted by molar-refractivity contribution is 4.97. The van der Waals surface area contributed by atoms with Gasteiger partial charge in [0.15, 0.2) is 0 Å². The molecular weight excluding hydrogens is 157 g/mol. The van der Waals surface area contributed by atoms with E-state index >= 15 is 0 Å². The maximum atomic E-state index is 13.4. The van der Waals surface area contributed by atoms with Crippen molar-refractivity contribution in [2.45, 2.75) is 19.0 Å². The largest absolute Gasteiger partial charge is 0.338 e. The number of nitrogens with two attached hydrogens (primary N) is 1. The number of alkyl halides is 1. The monoisotopic (exact) mass is 171 g/mol. The first-order valence-electron chi connectivity index (χ1n) is 3.90. The van der Waals surface area contributed by atoms with Crippen molar-refractivity contribution < 1.29 is 4.39 Å². The molecule has 1 aromatic rings. The van der Waals surface area contributed by atoms with E-state index in [0.717, 1.165) is 5.82 Å². The van der Waals surface area contributed by atoms with Gasteiger partial charge >= 0.3 is 0 Å². The summed E-state index contributed by atoms with van der Waals surface area (Å²) < 4.78 is 15.2. The van der Waals surface area contributed by atoms with Gasteiger partial charge in [0.05, 0.1) is 0 Å². The first-order chi connectivity index (χ1) is 5.55. The molecule has 0 aliphatic rings. The second kappa shape index (κ2) is 3.23. The highest BCUT2D eigenvalue weighted by atomic mass is 19.1. The van der Waals surface area contributed by atoms with E-state index in [9.17, 15) is 4.39 Å². The molecule has 2 N–H and O–H groups in total. The molecule has 0 saturated heterocycles. The van der Waals surface area contributed by atoms with Gasteiger partial charge < -0.3 is 10.3 Å². The van der Waals surface area contributed by atoms with Crippen LogP contribution >= 0.6 is 0 Å². The van der Waals surface area contributed by atoms with Gasteiger partial charge in [-0.2, -0.15) is 0 Å². The Bertz CT molecular complexity index is 255. The van der Waals surface area contributed by atoms with Crippen LogP contribution in [0.2, 0.25) is 0 Å². The van der Waals surface area contributed by atoms with Gasteiger partial charge in [0.1, 0.15) is 11.5 Å². The summed E-state index contributed by atoms with van der Waals surface area (Å²) in [7, 11) is 1.84. The molecule has 1 heterocycles. The number of halogens is 1. The zero-order valence-electron chi connectivity index (χ0n) is 7.42. The lowest BCUT2D eigenvalue weighted by molar-refractivity contribution is 0.195. The van der Waals surface area contributed by atoms with Gasteiger partial charge in [0, 0.05) is 32.4 Å². The second-order valence-corrected chi connectivity index (χ2v) is 3.25. The van der Waals surface area contributed by atoms with Gasteiger partial charge in [-0.15, -0.1) is 0 Å². The Labute approximate surface area is 71.4 Å². The Morgan fingerprint density at radius 2 is 2.42 bits per heavy atom.